The first-order valence-electron chi connectivity index (χ1n) is 30.9. The molecule has 8 aliphatic rings. The van der Waals surface area contributed by atoms with Gasteiger partial charge in [0.2, 0.25) is 0 Å². The lowest BCUT2D eigenvalue weighted by Gasteiger charge is -2.73. The molecular weight excluding hydrogens is 1120 g/mol. The van der Waals surface area contributed by atoms with E-state index in [9.17, 15) is 70.6 Å². The molecule has 3 unspecified atom stereocenters. The van der Waals surface area contributed by atoms with Crippen LogP contribution in [0.15, 0.2) is 34.9 Å². The van der Waals surface area contributed by atoms with Gasteiger partial charge >= 0.3 is 17.9 Å². The second-order valence-electron chi connectivity index (χ2n) is 28.3. The third kappa shape index (κ3) is 11.5. The van der Waals surface area contributed by atoms with E-state index in [0.29, 0.717) is 56.9 Å². The van der Waals surface area contributed by atoms with Crippen molar-refractivity contribution in [2.75, 3.05) is 26.9 Å². The van der Waals surface area contributed by atoms with Gasteiger partial charge in [-0.2, -0.15) is 0 Å². The number of hydrogen-bond donors (Lipinski definition) is 11. The molecule has 0 radical (unpaired) electrons. The van der Waals surface area contributed by atoms with Crippen molar-refractivity contribution in [3.8, 4) is 0 Å². The first-order valence-corrected chi connectivity index (χ1v) is 30.9. The van der Waals surface area contributed by atoms with Gasteiger partial charge in [-0.3, -0.25) is 4.79 Å². The standard InChI is InChI=1S/C63H100O23/c1-14-30(4)52(75)86-51-50(85-53(76)31(5)18-16-15-17-29(2)3)58(6,7)25-33-32-19-20-37-60(10)23-22-38(59(8,9)36(60)21-24-61(37,11)62(32,12)48(73)49(74)63(33,51)28-66)81-57-46(83-56-43(71)41(69)39(67)34(26-64)79-56)44(72)45(47(84-57)54(77)78-13)82-55-42(70)40(68)35(27-65)80-55/h17-19,30,33-51,55-57,64-74H,14-16,20-28H2,1-13H3/b31-18-/t30?,33-,34+,35+,36?,37?,38-,39+,40+,41-,42-,43+,44-,45-,46+,47-,48-,49+,50-,51-,55-,56-,57+,60-,61+,62-,63-/m0/s1. The summed E-state index contributed by atoms with van der Waals surface area (Å²) in [5.41, 5.74) is -3.29. The molecule has 3 heterocycles. The average molecular weight is 1230 g/mol. The van der Waals surface area contributed by atoms with Crippen LogP contribution in [-0.2, 0) is 57.0 Å². The van der Waals surface area contributed by atoms with E-state index >= 15 is 0 Å². The van der Waals surface area contributed by atoms with Crippen molar-refractivity contribution in [3.63, 3.8) is 0 Å². The topological polar surface area (TPSA) is 357 Å². The lowest BCUT2D eigenvalue weighted by Crippen LogP contribution is -2.76. The lowest BCUT2D eigenvalue weighted by atomic mass is 9.32. The number of carbonyl (C=O) groups excluding carboxylic acids is 3. The Morgan fingerprint density at radius 3 is 1.86 bits per heavy atom. The molecule has 7 fully saturated rings. The van der Waals surface area contributed by atoms with Crippen LogP contribution < -0.4 is 0 Å². The number of ether oxygens (including phenoxy) is 9. The zero-order chi connectivity index (χ0) is 63.7. The normalized spacial score (nSPS) is 46.5. The van der Waals surface area contributed by atoms with Crippen molar-refractivity contribution in [1.29, 1.82) is 0 Å². The molecule has 86 heavy (non-hydrogen) atoms. The van der Waals surface area contributed by atoms with E-state index in [0.717, 1.165) is 24.7 Å². The third-order valence-electron chi connectivity index (χ3n) is 22.6. The predicted molar refractivity (Wildman–Crippen MR) is 304 cm³/mol. The zero-order valence-electron chi connectivity index (χ0n) is 52.3. The highest BCUT2D eigenvalue weighted by atomic mass is 16.8. The van der Waals surface area contributed by atoms with Crippen molar-refractivity contribution >= 4 is 17.9 Å². The zero-order valence-corrected chi connectivity index (χ0v) is 52.3. The summed E-state index contributed by atoms with van der Waals surface area (Å²) in [7, 11) is 1.07. The predicted octanol–water partition coefficient (Wildman–Crippen LogP) is 2.16. The Morgan fingerprint density at radius 1 is 0.686 bits per heavy atom. The minimum Gasteiger partial charge on any atom is -0.467 e. The lowest BCUT2D eigenvalue weighted by molar-refractivity contribution is -0.383. The van der Waals surface area contributed by atoms with Crippen LogP contribution in [0.3, 0.4) is 0 Å². The number of fused-ring (bicyclic) bond motifs is 7. The van der Waals surface area contributed by atoms with Crippen molar-refractivity contribution in [2.24, 2.45) is 56.2 Å². The van der Waals surface area contributed by atoms with Gasteiger partial charge in [-0.15, -0.1) is 0 Å². The smallest absolute Gasteiger partial charge is 0.337 e. The molecule has 11 N–H and O–H groups in total. The van der Waals surface area contributed by atoms with Gasteiger partial charge < -0.3 is 98.8 Å². The second kappa shape index (κ2) is 25.9. The summed E-state index contributed by atoms with van der Waals surface area (Å²) in [5, 5.41) is 125. The van der Waals surface area contributed by atoms with Crippen LogP contribution in [-0.4, -0.2) is 218 Å². The highest BCUT2D eigenvalue weighted by molar-refractivity contribution is 5.88. The van der Waals surface area contributed by atoms with Crippen LogP contribution in [0.25, 0.3) is 0 Å². The quantitative estimate of drug-likeness (QED) is 0.0234. The number of carbonyl (C=O) groups is 3. The van der Waals surface area contributed by atoms with Crippen LogP contribution in [0.2, 0.25) is 0 Å². The molecule has 0 aromatic rings. The average Bonchev–Trinajstić information content (AvgIpc) is 0.726. The Hall–Kier alpha value is -3.05. The van der Waals surface area contributed by atoms with Crippen LogP contribution in [0, 0.1) is 56.2 Å². The van der Waals surface area contributed by atoms with Crippen molar-refractivity contribution in [2.45, 2.75) is 257 Å². The summed E-state index contributed by atoms with van der Waals surface area (Å²) in [6, 6.07) is 0. The van der Waals surface area contributed by atoms with E-state index in [1.165, 1.54) is 0 Å². The molecule has 27 atom stereocenters. The number of allylic oxidation sites excluding steroid dienone is 4. The fourth-order valence-corrected chi connectivity index (χ4v) is 17.1. The summed E-state index contributed by atoms with van der Waals surface area (Å²) in [4.78, 5) is 41.9. The van der Waals surface area contributed by atoms with E-state index in [1.54, 1.807) is 13.8 Å². The first-order chi connectivity index (χ1) is 40.2. The van der Waals surface area contributed by atoms with Gasteiger partial charge in [-0.1, -0.05) is 91.7 Å². The maximum atomic E-state index is 14.1. The minimum absolute atomic E-state index is 0.122. The van der Waals surface area contributed by atoms with Gasteiger partial charge in [0.05, 0.1) is 56.6 Å². The second-order valence-corrected chi connectivity index (χ2v) is 28.3. The molecule has 23 nitrogen and oxygen atoms in total. The molecule has 490 valence electrons. The third-order valence-corrected chi connectivity index (χ3v) is 22.6. The fraction of sp³-hybridized carbons (Fsp3) is 0.857. The van der Waals surface area contributed by atoms with Crippen LogP contribution in [0.4, 0.5) is 0 Å². The summed E-state index contributed by atoms with van der Waals surface area (Å²) in [5.74, 6) is -3.72. The molecule has 0 amide bonds. The van der Waals surface area contributed by atoms with Crippen molar-refractivity contribution in [3.05, 3.63) is 34.9 Å². The Balaban J connectivity index is 1.12. The molecule has 3 aliphatic heterocycles. The molecular formula is C63H100O23. The van der Waals surface area contributed by atoms with Crippen molar-refractivity contribution in [1.82, 2.24) is 0 Å². The van der Waals surface area contributed by atoms with Gasteiger partial charge in [0.25, 0.3) is 0 Å². The minimum atomic E-state index is -1.99. The molecule has 0 spiro atoms. The van der Waals surface area contributed by atoms with Gasteiger partial charge in [-0.05, 0) is 113 Å². The molecule has 0 aromatic heterocycles. The number of unbranched alkanes of at least 4 members (excludes halogenated alkanes) is 1. The van der Waals surface area contributed by atoms with E-state index in [1.807, 2.05) is 47.6 Å². The van der Waals surface area contributed by atoms with Crippen molar-refractivity contribution < 1.29 is 113 Å². The summed E-state index contributed by atoms with van der Waals surface area (Å²) >= 11 is 0. The van der Waals surface area contributed by atoms with E-state index in [4.69, 9.17) is 42.6 Å². The van der Waals surface area contributed by atoms with Crippen LogP contribution in [0.5, 0.6) is 0 Å². The Morgan fingerprint density at radius 2 is 1.28 bits per heavy atom. The molecule has 4 saturated carbocycles. The van der Waals surface area contributed by atoms with Crippen LogP contribution >= 0.6 is 0 Å². The maximum absolute atomic E-state index is 14.1. The highest BCUT2D eigenvalue weighted by Crippen LogP contribution is 2.76. The molecule has 3 saturated heterocycles. The largest absolute Gasteiger partial charge is 0.467 e. The molecule has 0 bridgehead atoms. The number of aliphatic hydroxyl groups is 11. The number of hydrogen-bond acceptors (Lipinski definition) is 23. The fourth-order valence-electron chi connectivity index (χ4n) is 17.1. The maximum Gasteiger partial charge on any atom is 0.337 e. The number of esters is 3. The Labute approximate surface area is 504 Å². The van der Waals surface area contributed by atoms with E-state index in [-0.39, 0.29) is 11.8 Å². The van der Waals surface area contributed by atoms with Gasteiger partial charge in [0.1, 0.15) is 67.1 Å². The number of aliphatic hydroxyl groups excluding tert-OH is 11. The van der Waals surface area contributed by atoms with Crippen LogP contribution in [0.1, 0.15) is 141 Å². The number of rotatable bonds is 18. The molecule has 23 heteroatoms. The number of methoxy groups -OCH3 is 1. The van der Waals surface area contributed by atoms with Gasteiger partial charge in [0, 0.05) is 16.4 Å². The highest BCUT2D eigenvalue weighted by Gasteiger charge is 2.76. The van der Waals surface area contributed by atoms with Gasteiger partial charge in [-0.25, -0.2) is 9.59 Å². The Bertz CT molecular complexity index is 2510. The summed E-state index contributed by atoms with van der Waals surface area (Å²) in [6.07, 6.45) is -20.2. The first kappa shape index (κ1) is 68.9. The summed E-state index contributed by atoms with van der Waals surface area (Å²) < 4.78 is 54.8. The molecule has 0 aromatic carbocycles. The monoisotopic (exact) mass is 1220 g/mol. The summed E-state index contributed by atoms with van der Waals surface area (Å²) in [6.45, 7) is 21.5. The Kier molecular flexibility index (Phi) is 20.7. The van der Waals surface area contributed by atoms with Gasteiger partial charge in [0.15, 0.2) is 31.1 Å². The van der Waals surface area contributed by atoms with E-state index in [2.05, 4.69) is 39.8 Å². The molecule has 5 aliphatic carbocycles. The van der Waals surface area contributed by atoms with E-state index < -0.39 is 199 Å². The molecule has 8 rings (SSSR count). The SMILES string of the molecule is CCC(C)C(=O)O[C@H]1[C@H](OC(=O)/C(C)=C\CCC=C(C)C)C(C)(C)C[C@H]2C3=CCC4[C@@]5(C)CC[C@H](O[C@@H]6O[C@H](C(=O)OC)[C@@H](O[C@@H]7O[C@H](CO)[C@@H](O)[C@@H]7O)[C@H](O)[C@H]6O[C@@H]6O[C@H](CO)[C@@H](O)[C@H](O)[C@H]6O)C(C)(C)C5CC[C@@]4(C)[C@]3(C)[C@@H](O)[C@@H](O)[C@]21CO.